The van der Waals surface area contributed by atoms with Gasteiger partial charge in [-0.25, -0.2) is 4.98 Å². The number of thiazole rings is 1. The fourth-order valence-corrected chi connectivity index (χ4v) is 5.92. The summed E-state index contributed by atoms with van der Waals surface area (Å²) in [4.78, 5) is 24.9. The number of methoxy groups -OCH3 is 1. The van der Waals surface area contributed by atoms with E-state index in [2.05, 4.69) is 45.9 Å². The largest absolute Gasteiger partial charge is 0.495 e. The second kappa shape index (κ2) is 8.98. The predicted octanol–water partition coefficient (Wildman–Crippen LogP) is 4.18. The zero-order valence-electron chi connectivity index (χ0n) is 18.8. The number of aromatic nitrogens is 1. The van der Waals surface area contributed by atoms with E-state index >= 15 is 0 Å². The van der Waals surface area contributed by atoms with E-state index in [1.807, 2.05) is 18.2 Å². The van der Waals surface area contributed by atoms with Gasteiger partial charge in [0.05, 0.1) is 28.9 Å². The van der Waals surface area contributed by atoms with Crippen LogP contribution in [0.1, 0.15) is 18.4 Å². The van der Waals surface area contributed by atoms with Crippen molar-refractivity contribution in [1.82, 2.24) is 9.88 Å². The molecule has 1 aromatic heterocycles. The SMILES string of the molecule is COc1ccccc1N1CCN(C(=O)C2CCCN(c3nc4ccc(C)cc4s3)C2)CC1. The summed E-state index contributed by atoms with van der Waals surface area (Å²) >= 11 is 1.74. The summed E-state index contributed by atoms with van der Waals surface area (Å²) < 4.78 is 6.74. The number of rotatable bonds is 4. The number of carbonyl (C=O) groups is 1. The molecule has 3 heterocycles. The number of ether oxygens (including phenoxy) is 1. The Hall–Kier alpha value is -2.80. The molecule has 0 bridgehead atoms. The predicted molar refractivity (Wildman–Crippen MR) is 131 cm³/mol. The highest BCUT2D eigenvalue weighted by atomic mass is 32.1. The highest BCUT2D eigenvalue weighted by molar-refractivity contribution is 7.22. The van der Waals surface area contributed by atoms with E-state index in [9.17, 15) is 4.79 Å². The highest BCUT2D eigenvalue weighted by Gasteiger charge is 2.32. The number of anilines is 2. The van der Waals surface area contributed by atoms with Gasteiger partial charge in [-0.05, 0) is 49.6 Å². The Labute approximate surface area is 193 Å². The first-order valence-electron chi connectivity index (χ1n) is 11.4. The fraction of sp³-hybridized carbons (Fsp3) is 0.440. The minimum atomic E-state index is 0.0512. The lowest BCUT2D eigenvalue weighted by molar-refractivity contribution is -0.136. The zero-order chi connectivity index (χ0) is 22.1. The number of hydrogen-bond donors (Lipinski definition) is 0. The molecule has 168 valence electrons. The topological polar surface area (TPSA) is 48.9 Å². The maximum Gasteiger partial charge on any atom is 0.227 e. The fourth-order valence-electron chi connectivity index (χ4n) is 4.82. The van der Waals surface area contributed by atoms with Gasteiger partial charge in [-0.3, -0.25) is 4.79 Å². The van der Waals surface area contributed by atoms with Crippen LogP contribution < -0.4 is 14.5 Å². The molecule has 32 heavy (non-hydrogen) atoms. The molecular formula is C25H30N4O2S. The smallest absolute Gasteiger partial charge is 0.227 e. The third-order valence-electron chi connectivity index (χ3n) is 6.59. The van der Waals surface area contributed by atoms with Crippen molar-refractivity contribution in [2.24, 2.45) is 5.92 Å². The number of fused-ring (bicyclic) bond motifs is 1. The van der Waals surface area contributed by atoms with Crippen LogP contribution in [0, 0.1) is 12.8 Å². The molecule has 7 heteroatoms. The number of benzene rings is 2. The van der Waals surface area contributed by atoms with Gasteiger partial charge in [0.2, 0.25) is 5.91 Å². The van der Waals surface area contributed by atoms with Gasteiger partial charge in [0, 0.05) is 39.3 Å². The molecule has 3 aromatic rings. The monoisotopic (exact) mass is 450 g/mol. The Morgan fingerprint density at radius 2 is 1.88 bits per heavy atom. The first-order chi connectivity index (χ1) is 15.6. The summed E-state index contributed by atoms with van der Waals surface area (Å²) in [5.74, 6) is 1.24. The number of para-hydroxylation sites is 2. The molecule has 1 unspecified atom stereocenters. The summed E-state index contributed by atoms with van der Waals surface area (Å²) in [6.07, 6.45) is 2.00. The van der Waals surface area contributed by atoms with Crippen LogP contribution in [-0.4, -0.2) is 62.2 Å². The van der Waals surface area contributed by atoms with E-state index < -0.39 is 0 Å². The minimum absolute atomic E-state index is 0.0512. The van der Waals surface area contributed by atoms with Crippen molar-refractivity contribution >= 4 is 38.3 Å². The maximum atomic E-state index is 13.4. The van der Waals surface area contributed by atoms with Crippen LogP contribution in [0.4, 0.5) is 10.8 Å². The summed E-state index contributed by atoms with van der Waals surface area (Å²) in [7, 11) is 1.71. The van der Waals surface area contributed by atoms with Crippen LogP contribution in [0.3, 0.4) is 0 Å². The van der Waals surface area contributed by atoms with E-state index in [0.29, 0.717) is 5.91 Å². The molecule has 0 spiro atoms. The number of hydrogen-bond acceptors (Lipinski definition) is 6. The molecule has 2 saturated heterocycles. The van der Waals surface area contributed by atoms with Crippen LogP contribution in [0.5, 0.6) is 5.75 Å². The van der Waals surface area contributed by atoms with Crippen LogP contribution in [-0.2, 0) is 4.79 Å². The molecule has 0 N–H and O–H groups in total. The van der Waals surface area contributed by atoms with Crippen molar-refractivity contribution in [2.45, 2.75) is 19.8 Å². The van der Waals surface area contributed by atoms with Crippen LogP contribution >= 0.6 is 11.3 Å². The van der Waals surface area contributed by atoms with Gasteiger partial charge in [0.15, 0.2) is 5.13 Å². The molecule has 1 amide bonds. The van der Waals surface area contributed by atoms with Crippen molar-refractivity contribution in [2.75, 3.05) is 56.2 Å². The molecule has 2 fully saturated rings. The van der Waals surface area contributed by atoms with E-state index in [-0.39, 0.29) is 5.92 Å². The Balaban J connectivity index is 1.23. The third-order valence-corrected chi connectivity index (χ3v) is 7.67. The molecule has 0 aliphatic carbocycles. The lowest BCUT2D eigenvalue weighted by Gasteiger charge is -2.40. The van der Waals surface area contributed by atoms with Crippen molar-refractivity contribution in [3.8, 4) is 5.75 Å². The molecule has 0 saturated carbocycles. The Morgan fingerprint density at radius 3 is 2.69 bits per heavy atom. The molecule has 1 atom stereocenters. The van der Waals surface area contributed by atoms with E-state index in [1.54, 1.807) is 18.4 Å². The third kappa shape index (κ3) is 4.13. The zero-order valence-corrected chi connectivity index (χ0v) is 19.6. The van der Waals surface area contributed by atoms with Crippen LogP contribution in [0.25, 0.3) is 10.2 Å². The summed E-state index contributed by atoms with van der Waals surface area (Å²) in [5, 5.41) is 1.05. The van der Waals surface area contributed by atoms with Gasteiger partial charge in [-0.15, -0.1) is 0 Å². The first-order valence-corrected chi connectivity index (χ1v) is 12.2. The second-order valence-corrected chi connectivity index (χ2v) is 9.75. The van der Waals surface area contributed by atoms with Crippen molar-refractivity contribution in [3.63, 3.8) is 0 Å². The Morgan fingerprint density at radius 1 is 1.06 bits per heavy atom. The summed E-state index contributed by atoms with van der Waals surface area (Å²) in [6, 6.07) is 14.5. The standard InChI is InChI=1S/C25H30N4O2S/c1-18-9-10-20-23(16-18)32-25(26-20)29-11-5-6-19(17-29)24(30)28-14-12-27(13-15-28)21-7-3-4-8-22(21)31-2/h3-4,7-10,16,19H,5-6,11-15,17H2,1-2H3. The van der Waals surface area contributed by atoms with Crippen molar-refractivity contribution in [3.05, 3.63) is 48.0 Å². The molecule has 5 rings (SSSR count). The number of piperazine rings is 1. The van der Waals surface area contributed by atoms with Crippen LogP contribution in [0.2, 0.25) is 0 Å². The quantitative estimate of drug-likeness (QED) is 0.597. The van der Waals surface area contributed by atoms with E-state index in [4.69, 9.17) is 9.72 Å². The highest BCUT2D eigenvalue weighted by Crippen LogP contribution is 2.33. The number of carbonyl (C=O) groups excluding carboxylic acids is 1. The van der Waals surface area contributed by atoms with E-state index in [1.165, 1.54) is 10.3 Å². The average Bonchev–Trinajstić information content (AvgIpc) is 3.27. The normalized spacial score (nSPS) is 19.4. The number of aryl methyl sites for hydroxylation is 1. The number of amides is 1. The van der Waals surface area contributed by atoms with E-state index in [0.717, 1.165) is 74.2 Å². The van der Waals surface area contributed by atoms with Gasteiger partial charge >= 0.3 is 0 Å². The van der Waals surface area contributed by atoms with Gasteiger partial charge in [0.1, 0.15) is 5.75 Å². The van der Waals surface area contributed by atoms with Crippen molar-refractivity contribution in [1.29, 1.82) is 0 Å². The van der Waals surface area contributed by atoms with Gasteiger partial charge in [-0.1, -0.05) is 29.5 Å². The minimum Gasteiger partial charge on any atom is -0.495 e. The second-order valence-electron chi connectivity index (χ2n) is 8.74. The maximum absolute atomic E-state index is 13.4. The van der Waals surface area contributed by atoms with Gasteiger partial charge in [-0.2, -0.15) is 0 Å². The molecule has 6 nitrogen and oxygen atoms in total. The Kier molecular flexibility index (Phi) is 5.91. The summed E-state index contributed by atoms with van der Waals surface area (Å²) in [5.41, 5.74) is 3.42. The average molecular weight is 451 g/mol. The summed E-state index contributed by atoms with van der Waals surface area (Å²) in [6.45, 7) is 7.04. The molecule has 2 aliphatic rings. The lowest BCUT2D eigenvalue weighted by atomic mass is 9.96. The number of piperidine rings is 1. The molecule has 2 aromatic carbocycles. The van der Waals surface area contributed by atoms with Crippen LogP contribution in [0.15, 0.2) is 42.5 Å². The molecular weight excluding hydrogens is 420 g/mol. The first kappa shape index (κ1) is 21.1. The lowest BCUT2D eigenvalue weighted by Crippen LogP contribution is -2.52. The Bertz CT molecular complexity index is 1110. The number of nitrogens with zero attached hydrogens (tertiary/aromatic N) is 4. The molecule has 2 aliphatic heterocycles. The van der Waals surface area contributed by atoms with Crippen molar-refractivity contribution < 1.29 is 9.53 Å². The molecule has 0 radical (unpaired) electrons. The van der Waals surface area contributed by atoms with Gasteiger partial charge in [0.25, 0.3) is 0 Å². The van der Waals surface area contributed by atoms with Gasteiger partial charge < -0.3 is 19.4 Å².